The Morgan fingerprint density at radius 3 is 2.88 bits per heavy atom. The smallest absolute Gasteiger partial charge is 0.335 e. The van der Waals surface area contributed by atoms with Gasteiger partial charge in [-0.15, -0.1) is 0 Å². The lowest BCUT2D eigenvalue weighted by Gasteiger charge is -2.06. The molecule has 1 heterocycles. The van der Waals surface area contributed by atoms with E-state index in [-0.39, 0.29) is 0 Å². The van der Waals surface area contributed by atoms with E-state index in [1.165, 1.54) is 0 Å². The number of aromatic carboxylic acids is 1. The molecule has 16 heavy (non-hydrogen) atoms. The minimum absolute atomic E-state index is 0.321. The summed E-state index contributed by atoms with van der Waals surface area (Å²) in [6.45, 7) is 2.57. The van der Waals surface area contributed by atoms with Gasteiger partial charge in [0, 0.05) is 12.4 Å². The minimum atomic E-state index is -0.895. The molecule has 2 aromatic rings. The van der Waals surface area contributed by atoms with Crippen LogP contribution in [0.5, 0.6) is 0 Å². The molecular formula is C12H12N2O2. The summed E-state index contributed by atoms with van der Waals surface area (Å²) in [5.74, 6) is -0.895. The Morgan fingerprint density at radius 2 is 2.31 bits per heavy atom. The molecule has 82 valence electrons. The van der Waals surface area contributed by atoms with Crippen LogP contribution in [0.15, 0.2) is 36.7 Å². The summed E-state index contributed by atoms with van der Waals surface area (Å²) in [4.78, 5) is 10.8. The normalized spacial score (nSPS) is 10.3. The van der Waals surface area contributed by atoms with Gasteiger partial charge in [0.05, 0.1) is 12.1 Å². The van der Waals surface area contributed by atoms with Crippen molar-refractivity contribution < 1.29 is 9.90 Å². The fourth-order valence-corrected chi connectivity index (χ4v) is 1.57. The predicted octanol–water partition coefficient (Wildman–Crippen LogP) is 1.94. The van der Waals surface area contributed by atoms with Crippen molar-refractivity contribution in [3.05, 3.63) is 53.3 Å². The Kier molecular flexibility index (Phi) is 2.72. The van der Waals surface area contributed by atoms with E-state index in [4.69, 9.17) is 5.11 Å². The summed E-state index contributed by atoms with van der Waals surface area (Å²) in [7, 11) is 0. The van der Waals surface area contributed by atoms with E-state index in [1.54, 1.807) is 18.3 Å². The van der Waals surface area contributed by atoms with Crippen LogP contribution in [0.25, 0.3) is 0 Å². The Labute approximate surface area is 93.1 Å². The fraction of sp³-hybridized carbons (Fsp3) is 0.167. The lowest BCUT2D eigenvalue weighted by molar-refractivity contribution is 0.0697. The Morgan fingerprint density at radius 1 is 1.50 bits per heavy atom. The van der Waals surface area contributed by atoms with Crippen LogP contribution in [-0.4, -0.2) is 20.9 Å². The molecular weight excluding hydrogens is 204 g/mol. The third-order valence-electron chi connectivity index (χ3n) is 2.48. The van der Waals surface area contributed by atoms with Crippen LogP contribution in [0.2, 0.25) is 0 Å². The van der Waals surface area contributed by atoms with Gasteiger partial charge in [-0.3, -0.25) is 4.68 Å². The molecule has 0 saturated carbocycles. The maximum absolute atomic E-state index is 10.8. The zero-order chi connectivity index (χ0) is 11.5. The molecule has 4 nitrogen and oxygen atoms in total. The van der Waals surface area contributed by atoms with Gasteiger partial charge in [-0.05, 0) is 36.2 Å². The largest absolute Gasteiger partial charge is 0.478 e. The molecule has 4 heteroatoms. The van der Waals surface area contributed by atoms with E-state index < -0.39 is 5.97 Å². The number of rotatable bonds is 3. The molecule has 0 amide bonds. The monoisotopic (exact) mass is 216 g/mol. The molecule has 0 aliphatic carbocycles. The standard InChI is InChI=1S/C12H12N2O2/c1-9-7-10(12(15)16)3-4-11(9)8-14-6-2-5-13-14/h2-7H,8H2,1H3,(H,15,16). The molecule has 0 spiro atoms. The lowest BCUT2D eigenvalue weighted by atomic mass is 10.1. The molecule has 1 aromatic carbocycles. The number of nitrogens with zero attached hydrogens (tertiary/aromatic N) is 2. The van der Waals surface area contributed by atoms with Gasteiger partial charge in [-0.2, -0.15) is 5.10 Å². The first-order chi connectivity index (χ1) is 7.66. The van der Waals surface area contributed by atoms with Gasteiger partial charge in [0.15, 0.2) is 0 Å². The second-order valence-electron chi connectivity index (χ2n) is 3.65. The zero-order valence-electron chi connectivity index (χ0n) is 8.92. The SMILES string of the molecule is Cc1cc(C(=O)O)ccc1Cn1cccn1. The minimum Gasteiger partial charge on any atom is -0.478 e. The molecule has 0 radical (unpaired) electrons. The summed E-state index contributed by atoms with van der Waals surface area (Å²) >= 11 is 0. The third kappa shape index (κ3) is 2.11. The first kappa shape index (κ1) is 10.4. The average molecular weight is 216 g/mol. The third-order valence-corrected chi connectivity index (χ3v) is 2.48. The number of aromatic nitrogens is 2. The van der Waals surface area contributed by atoms with Crippen molar-refractivity contribution in [2.75, 3.05) is 0 Å². The number of hydrogen-bond donors (Lipinski definition) is 1. The molecule has 0 aliphatic heterocycles. The zero-order valence-corrected chi connectivity index (χ0v) is 8.92. The molecule has 0 atom stereocenters. The highest BCUT2D eigenvalue weighted by molar-refractivity contribution is 5.87. The fourth-order valence-electron chi connectivity index (χ4n) is 1.57. The number of hydrogen-bond acceptors (Lipinski definition) is 2. The van der Waals surface area contributed by atoms with Gasteiger partial charge in [0.2, 0.25) is 0 Å². The highest BCUT2D eigenvalue weighted by atomic mass is 16.4. The van der Waals surface area contributed by atoms with Gasteiger partial charge in [0.1, 0.15) is 0 Å². The Balaban J connectivity index is 2.26. The van der Waals surface area contributed by atoms with Crippen molar-refractivity contribution >= 4 is 5.97 Å². The topological polar surface area (TPSA) is 55.1 Å². The maximum Gasteiger partial charge on any atom is 0.335 e. The van der Waals surface area contributed by atoms with Crippen LogP contribution in [-0.2, 0) is 6.54 Å². The predicted molar refractivity (Wildman–Crippen MR) is 59.5 cm³/mol. The molecule has 0 bridgehead atoms. The van der Waals surface area contributed by atoms with Gasteiger partial charge >= 0.3 is 5.97 Å². The molecule has 1 aromatic heterocycles. The molecule has 2 rings (SSSR count). The number of carboxylic acid groups (broad SMARTS) is 1. The van der Waals surface area contributed by atoms with Crippen LogP contribution in [0.4, 0.5) is 0 Å². The van der Waals surface area contributed by atoms with Gasteiger partial charge in [-0.25, -0.2) is 4.79 Å². The lowest BCUT2D eigenvalue weighted by Crippen LogP contribution is -2.04. The highest BCUT2D eigenvalue weighted by Gasteiger charge is 2.05. The summed E-state index contributed by atoms with van der Waals surface area (Å²) in [5, 5.41) is 12.9. The first-order valence-corrected chi connectivity index (χ1v) is 4.97. The Hall–Kier alpha value is -2.10. The van der Waals surface area contributed by atoms with Crippen LogP contribution in [0.3, 0.4) is 0 Å². The van der Waals surface area contributed by atoms with Crippen LogP contribution in [0.1, 0.15) is 21.5 Å². The number of aryl methyl sites for hydroxylation is 1. The summed E-state index contributed by atoms with van der Waals surface area (Å²) < 4.78 is 1.81. The molecule has 0 saturated heterocycles. The first-order valence-electron chi connectivity index (χ1n) is 4.97. The molecule has 0 unspecified atom stereocenters. The van der Waals surface area contributed by atoms with Crippen LogP contribution >= 0.6 is 0 Å². The van der Waals surface area contributed by atoms with Crippen molar-refractivity contribution in [2.24, 2.45) is 0 Å². The van der Waals surface area contributed by atoms with Crippen molar-refractivity contribution in [3.8, 4) is 0 Å². The van der Waals surface area contributed by atoms with E-state index in [1.807, 2.05) is 29.9 Å². The van der Waals surface area contributed by atoms with E-state index in [0.717, 1.165) is 11.1 Å². The van der Waals surface area contributed by atoms with E-state index in [0.29, 0.717) is 12.1 Å². The highest BCUT2D eigenvalue weighted by Crippen LogP contribution is 2.12. The Bertz CT molecular complexity index is 504. The summed E-state index contributed by atoms with van der Waals surface area (Å²) in [6, 6.07) is 7.00. The second-order valence-corrected chi connectivity index (χ2v) is 3.65. The second kappa shape index (κ2) is 4.18. The van der Waals surface area contributed by atoms with Crippen molar-refractivity contribution in [1.29, 1.82) is 0 Å². The number of carbonyl (C=O) groups is 1. The van der Waals surface area contributed by atoms with Crippen LogP contribution < -0.4 is 0 Å². The summed E-state index contributed by atoms with van der Waals surface area (Å²) in [5.41, 5.74) is 2.37. The molecule has 0 aliphatic rings. The number of benzene rings is 1. The van der Waals surface area contributed by atoms with Gasteiger partial charge in [-0.1, -0.05) is 6.07 Å². The maximum atomic E-state index is 10.8. The van der Waals surface area contributed by atoms with E-state index in [9.17, 15) is 4.79 Å². The van der Waals surface area contributed by atoms with E-state index >= 15 is 0 Å². The quantitative estimate of drug-likeness (QED) is 0.853. The molecule has 1 N–H and O–H groups in total. The van der Waals surface area contributed by atoms with Crippen molar-refractivity contribution in [2.45, 2.75) is 13.5 Å². The van der Waals surface area contributed by atoms with E-state index in [2.05, 4.69) is 5.10 Å². The molecule has 0 fully saturated rings. The van der Waals surface area contributed by atoms with Gasteiger partial charge < -0.3 is 5.11 Å². The van der Waals surface area contributed by atoms with Gasteiger partial charge in [0.25, 0.3) is 0 Å². The number of carboxylic acids is 1. The average Bonchev–Trinajstić information content (AvgIpc) is 2.73. The van der Waals surface area contributed by atoms with Crippen molar-refractivity contribution in [1.82, 2.24) is 9.78 Å². The summed E-state index contributed by atoms with van der Waals surface area (Å²) in [6.07, 6.45) is 3.60. The van der Waals surface area contributed by atoms with Crippen molar-refractivity contribution in [3.63, 3.8) is 0 Å². The van der Waals surface area contributed by atoms with Crippen LogP contribution in [0, 0.1) is 6.92 Å².